The number of nitrogens with zero attached hydrogens (tertiary/aromatic N) is 3. The van der Waals surface area contributed by atoms with Gasteiger partial charge in [0, 0.05) is 18.9 Å². The predicted octanol–water partition coefficient (Wildman–Crippen LogP) is 1.19. The average molecular weight is 331 g/mol. The van der Waals surface area contributed by atoms with Gasteiger partial charge in [0.1, 0.15) is 11.1 Å². The number of hydrogen-bond donors (Lipinski definition) is 0. The molecule has 3 heterocycles. The van der Waals surface area contributed by atoms with Crippen molar-refractivity contribution in [2.45, 2.75) is 25.5 Å². The lowest BCUT2D eigenvalue weighted by atomic mass is 10.1. The van der Waals surface area contributed by atoms with Crippen molar-refractivity contribution in [2.75, 3.05) is 6.54 Å². The van der Waals surface area contributed by atoms with Crippen molar-refractivity contribution in [1.29, 1.82) is 0 Å². The third-order valence-corrected chi connectivity index (χ3v) is 4.61. The maximum absolute atomic E-state index is 12.1. The lowest BCUT2D eigenvalue weighted by Crippen LogP contribution is -2.31. The molecule has 1 aromatic carbocycles. The van der Waals surface area contributed by atoms with Crippen LogP contribution >= 0.6 is 12.2 Å². The van der Waals surface area contributed by atoms with Crippen molar-refractivity contribution < 1.29 is 14.1 Å². The van der Waals surface area contributed by atoms with E-state index in [0.717, 1.165) is 5.56 Å². The van der Waals surface area contributed by atoms with E-state index in [-0.39, 0.29) is 18.1 Å². The van der Waals surface area contributed by atoms with Crippen molar-refractivity contribution >= 4 is 23.2 Å². The number of para-hydroxylation sites is 1. The van der Waals surface area contributed by atoms with Crippen LogP contribution in [0.2, 0.25) is 0 Å². The van der Waals surface area contributed by atoms with Gasteiger partial charge in [0.15, 0.2) is 5.82 Å². The molecule has 1 aromatic heterocycles. The summed E-state index contributed by atoms with van der Waals surface area (Å²) in [6.45, 7) is 1.85. The molecular weight excluding hydrogens is 318 g/mol. The number of esters is 1. The first kappa shape index (κ1) is 14.1. The lowest BCUT2D eigenvalue weighted by molar-refractivity contribution is -0.145. The Labute approximate surface area is 136 Å². The molecule has 7 nitrogen and oxygen atoms in total. The van der Waals surface area contributed by atoms with Crippen LogP contribution in [0.15, 0.2) is 33.6 Å². The van der Waals surface area contributed by atoms with Crippen molar-refractivity contribution in [2.24, 2.45) is 0 Å². The molecule has 0 amide bonds. The van der Waals surface area contributed by atoms with Gasteiger partial charge in [0.25, 0.3) is 0 Å². The van der Waals surface area contributed by atoms with Crippen LogP contribution < -0.4 is 5.76 Å². The SMILES string of the molecule is CC(=O)O[C@@H]1C[C@H]2c3noc(=O)n3-c3ccccc3C(=S)N2C1. The van der Waals surface area contributed by atoms with Crippen LogP contribution in [0.5, 0.6) is 0 Å². The zero-order valence-corrected chi connectivity index (χ0v) is 13.1. The van der Waals surface area contributed by atoms with Gasteiger partial charge in [-0.25, -0.2) is 9.36 Å². The van der Waals surface area contributed by atoms with Crippen LogP contribution in [-0.4, -0.2) is 38.2 Å². The van der Waals surface area contributed by atoms with Crippen LogP contribution in [0.1, 0.15) is 30.8 Å². The molecule has 0 aliphatic carbocycles. The maximum atomic E-state index is 12.1. The molecular formula is C15H13N3O4S. The Morgan fingerprint density at radius 2 is 2.22 bits per heavy atom. The average Bonchev–Trinajstić information content (AvgIpc) is 3.07. The number of carbonyl (C=O) groups is 1. The van der Waals surface area contributed by atoms with Gasteiger partial charge in [-0.15, -0.1) is 0 Å². The predicted molar refractivity (Wildman–Crippen MR) is 83.4 cm³/mol. The van der Waals surface area contributed by atoms with Crippen LogP contribution in [0.3, 0.4) is 0 Å². The molecule has 1 saturated heterocycles. The summed E-state index contributed by atoms with van der Waals surface area (Å²) in [6, 6.07) is 7.12. The number of benzene rings is 1. The number of ether oxygens (including phenoxy) is 1. The smallest absolute Gasteiger partial charge is 0.446 e. The molecule has 0 bridgehead atoms. The van der Waals surface area contributed by atoms with E-state index in [1.54, 1.807) is 0 Å². The minimum atomic E-state index is -0.548. The van der Waals surface area contributed by atoms with Gasteiger partial charge in [-0.2, -0.15) is 0 Å². The Bertz CT molecular complexity index is 872. The van der Waals surface area contributed by atoms with Gasteiger partial charge in [-0.05, 0) is 12.1 Å². The summed E-state index contributed by atoms with van der Waals surface area (Å²) < 4.78 is 11.6. The number of rotatable bonds is 1. The zero-order valence-electron chi connectivity index (χ0n) is 12.3. The summed E-state index contributed by atoms with van der Waals surface area (Å²) in [5.41, 5.74) is 1.43. The number of aromatic nitrogens is 2. The molecule has 0 spiro atoms. The molecule has 0 unspecified atom stereocenters. The number of thiocarbonyl (C=S) groups is 1. The van der Waals surface area contributed by atoms with Crippen LogP contribution in [0.4, 0.5) is 0 Å². The molecule has 8 heteroatoms. The fourth-order valence-corrected chi connectivity index (χ4v) is 3.66. The maximum Gasteiger partial charge on any atom is 0.446 e. The first-order valence-corrected chi connectivity index (χ1v) is 7.63. The van der Waals surface area contributed by atoms with Crippen molar-refractivity contribution in [3.8, 4) is 5.69 Å². The number of hydrogen-bond acceptors (Lipinski definition) is 6. The Hall–Kier alpha value is -2.48. The molecule has 2 aliphatic rings. The molecule has 1 fully saturated rings. The summed E-state index contributed by atoms with van der Waals surface area (Å²) in [4.78, 5) is 25.9. The normalized spacial score (nSPS) is 22.1. The summed E-state index contributed by atoms with van der Waals surface area (Å²) in [5, 5.41) is 3.94. The van der Waals surface area contributed by atoms with Gasteiger partial charge < -0.3 is 9.64 Å². The summed E-state index contributed by atoms with van der Waals surface area (Å²) in [6.07, 6.45) is 0.223. The summed E-state index contributed by atoms with van der Waals surface area (Å²) >= 11 is 5.62. The summed E-state index contributed by atoms with van der Waals surface area (Å²) in [7, 11) is 0. The molecule has 4 rings (SSSR count). The third-order valence-electron chi connectivity index (χ3n) is 4.16. The topological polar surface area (TPSA) is 77.6 Å². The highest BCUT2D eigenvalue weighted by molar-refractivity contribution is 7.80. The highest BCUT2D eigenvalue weighted by Gasteiger charge is 2.42. The van der Waals surface area contributed by atoms with Gasteiger partial charge in [-0.1, -0.05) is 29.5 Å². The Balaban J connectivity index is 1.87. The quantitative estimate of drug-likeness (QED) is 0.574. The van der Waals surface area contributed by atoms with Crippen LogP contribution in [0, 0.1) is 0 Å². The second-order valence-electron chi connectivity index (χ2n) is 5.60. The zero-order chi connectivity index (χ0) is 16.1. The largest absolute Gasteiger partial charge is 0.461 e. The highest BCUT2D eigenvalue weighted by atomic mass is 32.1. The monoisotopic (exact) mass is 331 g/mol. The van der Waals surface area contributed by atoms with Gasteiger partial charge >= 0.3 is 11.7 Å². The van der Waals surface area contributed by atoms with E-state index in [1.165, 1.54) is 11.5 Å². The van der Waals surface area contributed by atoms with E-state index in [4.69, 9.17) is 21.5 Å². The second-order valence-corrected chi connectivity index (χ2v) is 5.99. The third kappa shape index (κ3) is 2.09. The van der Waals surface area contributed by atoms with Crippen LogP contribution in [-0.2, 0) is 9.53 Å². The molecule has 2 aliphatic heterocycles. The van der Waals surface area contributed by atoms with Gasteiger partial charge in [0.05, 0.1) is 18.3 Å². The van der Waals surface area contributed by atoms with Gasteiger partial charge in [-0.3, -0.25) is 9.32 Å². The Kier molecular flexibility index (Phi) is 3.08. The Morgan fingerprint density at radius 1 is 1.43 bits per heavy atom. The Morgan fingerprint density at radius 3 is 3.00 bits per heavy atom. The number of carbonyl (C=O) groups excluding carboxylic acids is 1. The van der Waals surface area contributed by atoms with E-state index in [9.17, 15) is 9.59 Å². The molecule has 2 atom stereocenters. The molecule has 118 valence electrons. The molecule has 0 radical (unpaired) electrons. The fraction of sp³-hybridized carbons (Fsp3) is 0.333. The number of fused-ring (bicyclic) bond motifs is 5. The molecule has 23 heavy (non-hydrogen) atoms. The summed E-state index contributed by atoms with van der Waals surface area (Å²) in [5.74, 6) is -0.401. The molecule has 0 saturated carbocycles. The first-order chi connectivity index (χ1) is 11.1. The molecule has 0 N–H and O–H groups in total. The van der Waals surface area contributed by atoms with E-state index < -0.39 is 5.76 Å². The van der Waals surface area contributed by atoms with E-state index >= 15 is 0 Å². The fourth-order valence-electron chi connectivity index (χ4n) is 3.28. The minimum absolute atomic E-state index is 0.259. The van der Waals surface area contributed by atoms with Crippen molar-refractivity contribution in [3.05, 3.63) is 46.2 Å². The second kappa shape index (κ2) is 5.02. The van der Waals surface area contributed by atoms with Crippen LogP contribution in [0.25, 0.3) is 5.69 Å². The lowest BCUT2D eigenvalue weighted by Gasteiger charge is -2.23. The van der Waals surface area contributed by atoms with E-state index in [1.807, 2.05) is 29.2 Å². The van der Waals surface area contributed by atoms with E-state index in [0.29, 0.717) is 29.5 Å². The van der Waals surface area contributed by atoms with E-state index in [2.05, 4.69) is 5.16 Å². The van der Waals surface area contributed by atoms with Gasteiger partial charge in [0.2, 0.25) is 0 Å². The van der Waals surface area contributed by atoms with Crippen molar-refractivity contribution in [3.63, 3.8) is 0 Å². The molecule has 2 aromatic rings. The minimum Gasteiger partial charge on any atom is -0.461 e. The first-order valence-electron chi connectivity index (χ1n) is 7.22. The standard InChI is InChI=1S/C15H13N3O4S/c1-8(19)21-9-6-12-13-16-22-15(20)18(13)11-5-3-2-4-10(11)14(23)17(12)7-9/h2-5,9,12H,6-7H2,1H3/t9-,12+/m1/s1. The van der Waals surface area contributed by atoms with Crippen molar-refractivity contribution in [1.82, 2.24) is 14.6 Å². The highest BCUT2D eigenvalue weighted by Crippen LogP contribution is 2.38.